The van der Waals surface area contributed by atoms with Gasteiger partial charge in [-0.2, -0.15) is 0 Å². The summed E-state index contributed by atoms with van der Waals surface area (Å²) in [5, 5.41) is 4.17. The normalized spacial score (nSPS) is 16.2. The van der Waals surface area contributed by atoms with Gasteiger partial charge in [0.1, 0.15) is 5.75 Å². The molecule has 0 saturated carbocycles. The molecule has 0 bridgehead atoms. The maximum Gasteiger partial charge on any atom is 0.261 e. The lowest BCUT2D eigenvalue weighted by Gasteiger charge is -2.11. The van der Waals surface area contributed by atoms with E-state index in [2.05, 4.69) is 5.32 Å². The Hall–Kier alpha value is -1.71. The Kier molecular flexibility index (Phi) is 4.04. The summed E-state index contributed by atoms with van der Waals surface area (Å²) in [5.41, 5.74) is 1.92. The molecule has 3 rings (SSSR count). The fourth-order valence-corrected chi connectivity index (χ4v) is 2.72. The second kappa shape index (κ2) is 5.96. The van der Waals surface area contributed by atoms with Crippen molar-refractivity contribution in [3.8, 4) is 5.75 Å². The van der Waals surface area contributed by atoms with Crippen molar-refractivity contribution in [3.63, 3.8) is 0 Å². The molecule has 2 aromatic carbocycles. The predicted molar refractivity (Wildman–Crippen MR) is 82.9 cm³/mol. The van der Waals surface area contributed by atoms with E-state index < -0.39 is 6.10 Å². The van der Waals surface area contributed by atoms with Crippen LogP contribution in [0.4, 0.5) is 0 Å². The number of rotatable bonds is 3. The number of carbonyl (C=O) groups excluding carboxylic acids is 1. The predicted octanol–water partition coefficient (Wildman–Crippen LogP) is 3.61. The maximum atomic E-state index is 12.2. The van der Waals surface area contributed by atoms with Crippen LogP contribution >= 0.6 is 23.2 Å². The fraction of sp³-hybridized carbons (Fsp3) is 0.188. The Morgan fingerprint density at radius 3 is 2.81 bits per heavy atom. The quantitative estimate of drug-likeness (QED) is 0.937. The van der Waals surface area contributed by atoms with Crippen LogP contribution in [0.2, 0.25) is 10.0 Å². The number of halogens is 2. The molecule has 1 unspecified atom stereocenters. The SMILES string of the molecule is O=C(NCc1cccc(Cl)c1)C1Cc2cc(Cl)ccc2O1. The molecule has 0 aromatic heterocycles. The zero-order valence-electron chi connectivity index (χ0n) is 11.1. The Morgan fingerprint density at radius 2 is 2.00 bits per heavy atom. The van der Waals surface area contributed by atoms with Gasteiger partial charge in [0, 0.05) is 23.0 Å². The van der Waals surface area contributed by atoms with Crippen LogP contribution in [-0.2, 0) is 17.8 Å². The van der Waals surface area contributed by atoms with Gasteiger partial charge < -0.3 is 10.1 Å². The summed E-state index contributed by atoms with van der Waals surface area (Å²) < 4.78 is 5.64. The number of fused-ring (bicyclic) bond motifs is 1. The van der Waals surface area contributed by atoms with Crippen LogP contribution in [0, 0.1) is 0 Å². The summed E-state index contributed by atoms with van der Waals surface area (Å²) in [6, 6.07) is 12.8. The molecule has 0 fully saturated rings. The van der Waals surface area contributed by atoms with Crippen molar-refractivity contribution in [2.45, 2.75) is 19.1 Å². The minimum atomic E-state index is -0.502. The highest BCUT2D eigenvalue weighted by Gasteiger charge is 2.28. The van der Waals surface area contributed by atoms with Crippen molar-refractivity contribution in [1.82, 2.24) is 5.32 Å². The van der Waals surface area contributed by atoms with Gasteiger partial charge in [-0.25, -0.2) is 0 Å². The molecule has 5 heteroatoms. The van der Waals surface area contributed by atoms with Gasteiger partial charge in [-0.1, -0.05) is 35.3 Å². The molecule has 0 aliphatic carbocycles. The summed E-state index contributed by atoms with van der Waals surface area (Å²) in [5.74, 6) is 0.588. The molecule has 1 heterocycles. The third-order valence-electron chi connectivity index (χ3n) is 3.35. The van der Waals surface area contributed by atoms with Gasteiger partial charge in [-0.05, 0) is 41.5 Å². The average Bonchev–Trinajstić information content (AvgIpc) is 2.88. The lowest BCUT2D eigenvalue weighted by molar-refractivity contribution is -0.127. The molecule has 0 saturated heterocycles. The summed E-state index contributed by atoms with van der Waals surface area (Å²) in [6.45, 7) is 0.427. The standard InChI is InChI=1S/C16H13Cl2NO2/c17-12-3-1-2-10(6-12)9-19-16(20)15-8-11-7-13(18)4-5-14(11)21-15/h1-7,15H,8-9H2,(H,19,20). The first-order chi connectivity index (χ1) is 10.1. The van der Waals surface area contributed by atoms with Crippen LogP contribution in [-0.4, -0.2) is 12.0 Å². The highest BCUT2D eigenvalue weighted by atomic mass is 35.5. The first-order valence-electron chi connectivity index (χ1n) is 6.59. The second-order valence-electron chi connectivity index (χ2n) is 4.91. The van der Waals surface area contributed by atoms with Gasteiger partial charge in [0.05, 0.1) is 0 Å². The number of nitrogens with one attached hydrogen (secondary N) is 1. The number of hydrogen-bond donors (Lipinski definition) is 1. The van der Waals surface area contributed by atoms with E-state index in [4.69, 9.17) is 27.9 Å². The Bertz CT molecular complexity index is 688. The zero-order valence-corrected chi connectivity index (χ0v) is 12.6. The lowest BCUT2D eigenvalue weighted by atomic mass is 10.1. The average molecular weight is 322 g/mol. The van der Waals surface area contributed by atoms with Crippen LogP contribution in [0.3, 0.4) is 0 Å². The minimum Gasteiger partial charge on any atom is -0.480 e. The minimum absolute atomic E-state index is 0.137. The molecule has 21 heavy (non-hydrogen) atoms. The van der Waals surface area contributed by atoms with Crippen molar-refractivity contribution in [2.24, 2.45) is 0 Å². The van der Waals surface area contributed by atoms with Gasteiger partial charge >= 0.3 is 0 Å². The smallest absolute Gasteiger partial charge is 0.261 e. The molecule has 2 aromatic rings. The van der Waals surface area contributed by atoms with Crippen molar-refractivity contribution >= 4 is 29.1 Å². The van der Waals surface area contributed by atoms with Crippen LogP contribution in [0.1, 0.15) is 11.1 Å². The fourth-order valence-electron chi connectivity index (χ4n) is 2.31. The topological polar surface area (TPSA) is 38.3 Å². The third-order valence-corrected chi connectivity index (χ3v) is 3.82. The van der Waals surface area contributed by atoms with E-state index in [0.29, 0.717) is 23.0 Å². The summed E-state index contributed by atoms with van der Waals surface area (Å²) in [6.07, 6.45) is 0.0368. The van der Waals surface area contributed by atoms with Crippen LogP contribution in [0.25, 0.3) is 0 Å². The Morgan fingerprint density at radius 1 is 1.19 bits per heavy atom. The molecule has 3 nitrogen and oxygen atoms in total. The number of ether oxygens (including phenoxy) is 1. The van der Waals surface area contributed by atoms with E-state index >= 15 is 0 Å². The first-order valence-corrected chi connectivity index (χ1v) is 7.34. The number of benzene rings is 2. The molecule has 1 aliphatic rings. The van der Waals surface area contributed by atoms with Gasteiger partial charge in [-0.15, -0.1) is 0 Å². The molecule has 108 valence electrons. The first kappa shape index (κ1) is 14.2. The van der Waals surface area contributed by atoms with E-state index in [1.807, 2.05) is 24.3 Å². The molecule has 0 radical (unpaired) electrons. The van der Waals surface area contributed by atoms with Crippen molar-refractivity contribution in [3.05, 3.63) is 63.6 Å². The van der Waals surface area contributed by atoms with Crippen molar-refractivity contribution in [1.29, 1.82) is 0 Å². The number of hydrogen-bond acceptors (Lipinski definition) is 2. The van der Waals surface area contributed by atoms with E-state index in [1.54, 1.807) is 18.2 Å². The van der Waals surface area contributed by atoms with Crippen LogP contribution in [0.15, 0.2) is 42.5 Å². The van der Waals surface area contributed by atoms with E-state index in [1.165, 1.54) is 0 Å². The number of carbonyl (C=O) groups is 1. The van der Waals surface area contributed by atoms with Gasteiger partial charge in [0.15, 0.2) is 6.10 Å². The molecular weight excluding hydrogens is 309 g/mol. The molecule has 1 N–H and O–H groups in total. The Balaban J connectivity index is 1.60. The molecule has 1 aliphatic heterocycles. The molecule has 1 amide bonds. The second-order valence-corrected chi connectivity index (χ2v) is 5.78. The van der Waals surface area contributed by atoms with Crippen molar-refractivity contribution in [2.75, 3.05) is 0 Å². The largest absolute Gasteiger partial charge is 0.480 e. The van der Waals surface area contributed by atoms with Gasteiger partial charge in [0.2, 0.25) is 0 Å². The molecule has 0 spiro atoms. The van der Waals surface area contributed by atoms with E-state index in [0.717, 1.165) is 16.9 Å². The summed E-state index contributed by atoms with van der Waals surface area (Å²) in [7, 11) is 0. The maximum absolute atomic E-state index is 12.2. The van der Waals surface area contributed by atoms with Gasteiger partial charge in [-0.3, -0.25) is 4.79 Å². The molecule has 1 atom stereocenters. The highest BCUT2D eigenvalue weighted by molar-refractivity contribution is 6.30. The van der Waals surface area contributed by atoms with Crippen molar-refractivity contribution < 1.29 is 9.53 Å². The molecular formula is C16H13Cl2NO2. The highest BCUT2D eigenvalue weighted by Crippen LogP contribution is 2.31. The zero-order chi connectivity index (χ0) is 14.8. The number of amides is 1. The summed E-state index contributed by atoms with van der Waals surface area (Å²) >= 11 is 11.9. The summed E-state index contributed by atoms with van der Waals surface area (Å²) in [4.78, 5) is 12.2. The third kappa shape index (κ3) is 3.31. The monoisotopic (exact) mass is 321 g/mol. The van der Waals surface area contributed by atoms with Crippen LogP contribution in [0.5, 0.6) is 5.75 Å². The van der Waals surface area contributed by atoms with Gasteiger partial charge in [0.25, 0.3) is 5.91 Å². The van der Waals surface area contributed by atoms with E-state index in [9.17, 15) is 4.79 Å². The van der Waals surface area contributed by atoms with Crippen LogP contribution < -0.4 is 10.1 Å². The Labute approximate surface area is 132 Å². The van der Waals surface area contributed by atoms with E-state index in [-0.39, 0.29) is 5.91 Å². The lowest BCUT2D eigenvalue weighted by Crippen LogP contribution is -2.37.